The molecule has 8 heteroatoms. The van der Waals surface area contributed by atoms with Crippen molar-refractivity contribution < 1.29 is 9.72 Å². The Labute approximate surface area is 132 Å². The highest BCUT2D eigenvalue weighted by Crippen LogP contribution is 2.31. The molecule has 0 aliphatic carbocycles. The van der Waals surface area contributed by atoms with Crippen molar-refractivity contribution in [3.05, 3.63) is 51.6 Å². The smallest absolute Gasteiger partial charge is 0.270 e. The van der Waals surface area contributed by atoms with E-state index < -0.39 is 4.92 Å². The first kappa shape index (κ1) is 15.1. The molecule has 8 nitrogen and oxygen atoms in total. The molecule has 3 rings (SSSR count). The number of carbonyl (C=O) groups is 1. The van der Waals surface area contributed by atoms with Gasteiger partial charge in [0.15, 0.2) is 0 Å². The Morgan fingerprint density at radius 2 is 2.26 bits per heavy atom. The fourth-order valence-electron chi connectivity index (χ4n) is 2.94. The molecule has 1 fully saturated rings. The fraction of sp³-hybridized carbons (Fsp3) is 0.400. The number of H-pyrrole nitrogens is 1. The summed E-state index contributed by atoms with van der Waals surface area (Å²) in [6.07, 6.45) is 4.13. The van der Waals surface area contributed by atoms with E-state index in [2.05, 4.69) is 15.2 Å². The Balaban J connectivity index is 1.94. The Hall–Kier alpha value is -2.77. The van der Waals surface area contributed by atoms with Gasteiger partial charge in [0.2, 0.25) is 0 Å². The third-order valence-corrected chi connectivity index (χ3v) is 4.18. The van der Waals surface area contributed by atoms with Crippen LogP contribution in [0.4, 0.5) is 5.69 Å². The van der Waals surface area contributed by atoms with Gasteiger partial charge >= 0.3 is 0 Å². The van der Waals surface area contributed by atoms with Gasteiger partial charge in [-0.1, -0.05) is 6.07 Å². The average Bonchev–Trinajstić information content (AvgIpc) is 3.09. The van der Waals surface area contributed by atoms with Crippen molar-refractivity contribution >= 4 is 11.6 Å². The molecule has 1 amide bonds. The van der Waals surface area contributed by atoms with Crippen molar-refractivity contribution in [1.82, 2.24) is 20.1 Å². The number of aryl methyl sites for hydroxylation is 1. The summed E-state index contributed by atoms with van der Waals surface area (Å²) in [6, 6.07) is 4.20. The second kappa shape index (κ2) is 6.15. The van der Waals surface area contributed by atoms with Crippen LogP contribution in [0.5, 0.6) is 0 Å². The molecule has 1 N–H and O–H groups in total. The van der Waals surface area contributed by atoms with Crippen molar-refractivity contribution in [2.45, 2.75) is 32.2 Å². The van der Waals surface area contributed by atoms with Gasteiger partial charge in [-0.05, 0) is 31.7 Å². The first-order valence-corrected chi connectivity index (χ1v) is 7.49. The van der Waals surface area contributed by atoms with Crippen LogP contribution in [0.2, 0.25) is 0 Å². The van der Waals surface area contributed by atoms with E-state index in [4.69, 9.17) is 0 Å². The molecule has 120 valence electrons. The SMILES string of the molecule is Cc1ccc([N+](=O)[O-])cc1C(=O)N1CCCC[C@H]1c1ncn[nH]1. The summed E-state index contributed by atoms with van der Waals surface area (Å²) >= 11 is 0. The fourth-order valence-corrected chi connectivity index (χ4v) is 2.94. The van der Waals surface area contributed by atoms with E-state index in [1.54, 1.807) is 17.9 Å². The van der Waals surface area contributed by atoms with Gasteiger partial charge in [0.05, 0.1) is 11.0 Å². The molecule has 1 aromatic carbocycles. The van der Waals surface area contributed by atoms with Gasteiger partial charge < -0.3 is 4.90 Å². The van der Waals surface area contributed by atoms with Crippen LogP contribution >= 0.6 is 0 Å². The maximum atomic E-state index is 12.9. The molecule has 1 aliphatic heterocycles. The number of non-ortho nitro benzene ring substituents is 1. The lowest BCUT2D eigenvalue weighted by Gasteiger charge is -2.34. The van der Waals surface area contributed by atoms with E-state index in [-0.39, 0.29) is 17.6 Å². The van der Waals surface area contributed by atoms with Gasteiger partial charge in [0.1, 0.15) is 12.2 Å². The zero-order valence-corrected chi connectivity index (χ0v) is 12.7. The van der Waals surface area contributed by atoms with Crippen LogP contribution in [-0.2, 0) is 0 Å². The predicted octanol–water partition coefficient (Wildman–Crippen LogP) is 2.39. The van der Waals surface area contributed by atoms with Crippen LogP contribution in [0.1, 0.15) is 47.1 Å². The number of aromatic nitrogens is 3. The first-order chi connectivity index (χ1) is 11.1. The summed E-state index contributed by atoms with van der Waals surface area (Å²) in [5, 5.41) is 17.7. The third-order valence-electron chi connectivity index (χ3n) is 4.18. The zero-order chi connectivity index (χ0) is 16.4. The number of nitrogens with one attached hydrogen (secondary N) is 1. The summed E-state index contributed by atoms with van der Waals surface area (Å²) in [4.78, 5) is 29.3. The van der Waals surface area contributed by atoms with E-state index in [0.717, 1.165) is 24.8 Å². The monoisotopic (exact) mass is 315 g/mol. The maximum absolute atomic E-state index is 12.9. The lowest BCUT2D eigenvalue weighted by molar-refractivity contribution is -0.384. The van der Waals surface area contributed by atoms with Crippen LogP contribution in [0.3, 0.4) is 0 Å². The van der Waals surface area contributed by atoms with Gasteiger partial charge in [-0.25, -0.2) is 4.98 Å². The number of likely N-dealkylation sites (tertiary alicyclic amines) is 1. The number of piperidine rings is 1. The minimum atomic E-state index is -0.486. The quantitative estimate of drug-likeness (QED) is 0.691. The van der Waals surface area contributed by atoms with Gasteiger partial charge in [-0.3, -0.25) is 20.0 Å². The van der Waals surface area contributed by atoms with Gasteiger partial charge in [0.25, 0.3) is 11.6 Å². The average molecular weight is 315 g/mol. The number of nitrogens with zero attached hydrogens (tertiary/aromatic N) is 4. The molecular weight excluding hydrogens is 298 g/mol. The normalized spacial score (nSPS) is 18.0. The van der Waals surface area contributed by atoms with Crippen molar-refractivity contribution in [2.24, 2.45) is 0 Å². The number of rotatable bonds is 3. The molecule has 1 aliphatic rings. The Morgan fingerprint density at radius 3 is 2.96 bits per heavy atom. The first-order valence-electron chi connectivity index (χ1n) is 7.49. The van der Waals surface area contributed by atoms with E-state index in [1.807, 2.05) is 0 Å². The summed E-state index contributed by atoms with van der Waals surface area (Å²) in [5.74, 6) is 0.452. The van der Waals surface area contributed by atoms with E-state index in [0.29, 0.717) is 17.9 Å². The number of hydrogen-bond donors (Lipinski definition) is 1. The number of nitro benzene ring substituents is 1. The molecule has 0 spiro atoms. The lowest BCUT2D eigenvalue weighted by atomic mass is 9.98. The van der Waals surface area contributed by atoms with Crippen molar-refractivity contribution in [1.29, 1.82) is 0 Å². The van der Waals surface area contributed by atoms with Crippen LogP contribution in [0.15, 0.2) is 24.5 Å². The van der Waals surface area contributed by atoms with Crippen LogP contribution in [-0.4, -0.2) is 37.5 Å². The number of benzene rings is 1. The minimum Gasteiger partial charge on any atom is -0.328 e. The van der Waals surface area contributed by atoms with Crippen molar-refractivity contribution in [3.8, 4) is 0 Å². The summed E-state index contributed by atoms with van der Waals surface area (Å²) in [5.41, 5.74) is 1.01. The number of carbonyl (C=O) groups excluding carboxylic acids is 1. The van der Waals surface area contributed by atoms with Gasteiger partial charge in [-0.15, -0.1) is 0 Å². The maximum Gasteiger partial charge on any atom is 0.270 e. The van der Waals surface area contributed by atoms with Crippen LogP contribution < -0.4 is 0 Å². The van der Waals surface area contributed by atoms with E-state index >= 15 is 0 Å². The van der Waals surface area contributed by atoms with Crippen molar-refractivity contribution in [3.63, 3.8) is 0 Å². The highest BCUT2D eigenvalue weighted by molar-refractivity contribution is 5.96. The number of hydrogen-bond acceptors (Lipinski definition) is 5. The Morgan fingerprint density at radius 1 is 1.43 bits per heavy atom. The highest BCUT2D eigenvalue weighted by Gasteiger charge is 2.31. The Bertz CT molecular complexity index is 729. The second-order valence-electron chi connectivity index (χ2n) is 5.64. The minimum absolute atomic E-state index is 0.0767. The molecular formula is C15H17N5O3. The molecule has 1 aromatic heterocycles. The largest absolute Gasteiger partial charge is 0.328 e. The lowest BCUT2D eigenvalue weighted by Crippen LogP contribution is -2.39. The summed E-state index contributed by atoms with van der Waals surface area (Å²) in [6.45, 7) is 2.39. The topological polar surface area (TPSA) is 105 Å². The molecule has 23 heavy (non-hydrogen) atoms. The van der Waals surface area contributed by atoms with Gasteiger partial charge in [0, 0.05) is 24.2 Å². The standard InChI is InChI=1S/C15H17N5O3/c1-10-5-6-11(20(22)23)8-12(10)15(21)19-7-3-2-4-13(19)14-16-9-17-18-14/h5-6,8-9,13H,2-4,7H2,1H3,(H,16,17,18)/t13-/m0/s1. The highest BCUT2D eigenvalue weighted by atomic mass is 16.6. The molecule has 0 radical (unpaired) electrons. The summed E-state index contributed by atoms with van der Waals surface area (Å²) in [7, 11) is 0. The van der Waals surface area contributed by atoms with Crippen LogP contribution in [0.25, 0.3) is 0 Å². The Kier molecular flexibility index (Phi) is 4.05. The molecule has 0 unspecified atom stereocenters. The number of amides is 1. The molecule has 2 heterocycles. The third kappa shape index (κ3) is 2.92. The van der Waals surface area contributed by atoms with E-state index in [9.17, 15) is 14.9 Å². The predicted molar refractivity (Wildman–Crippen MR) is 81.8 cm³/mol. The molecule has 2 aromatic rings. The van der Waals surface area contributed by atoms with Crippen LogP contribution in [0, 0.1) is 17.0 Å². The van der Waals surface area contributed by atoms with E-state index in [1.165, 1.54) is 18.5 Å². The van der Waals surface area contributed by atoms with Crippen molar-refractivity contribution in [2.75, 3.05) is 6.54 Å². The molecule has 1 atom stereocenters. The van der Waals surface area contributed by atoms with Gasteiger partial charge in [-0.2, -0.15) is 5.10 Å². The number of nitro groups is 1. The number of aromatic amines is 1. The second-order valence-corrected chi connectivity index (χ2v) is 5.64. The molecule has 0 bridgehead atoms. The summed E-state index contributed by atoms with van der Waals surface area (Å²) < 4.78 is 0. The molecule has 0 saturated carbocycles. The zero-order valence-electron chi connectivity index (χ0n) is 12.7. The molecule has 1 saturated heterocycles.